The molecular formula is C23H20ClNO5S. The van der Waals surface area contributed by atoms with Crippen molar-refractivity contribution in [3.8, 4) is 0 Å². The minimum absolute atomic E-state index is 0.00926. The predicted molar refractivity (Wildman–Crippen MR) is 118 cm³/mol. The molecular weight excluding hydrogens is 438 g/mol. The van der Waals surface area contributed by atoms with Crippen LogP contribution in [0.4, 0.5) is 0 Å². The van der Waals surface area contributed by atoms with Gasteiger partial charge in [0.15, 0.2) is 15.3 Å². The van der Waals surface area contributed by atoms with E-state index in [1.54, 1.807) is 36.4 Å². The molecule has 0 N–H and O–H groups in total. The molecule has 1 amide bonds. The maximum atomic E-state index is 13.6. The minimum atomic E-state index is -3.24. The highest BCUT2D eigenvalue weighted by atomic mass is 35.5. The lowest BCUT2D eigenvalue weighted by Crippen LogP contribution is -2.40. The number of hydrogen-bond donors (Lipinski definition) is 0. The van der Waals surface area contributed by atoms with Crippen LogP contribution < -0.4 is 5.43 Å². The van der Waals surface area contributed by atoms with Gasteiger partial charge in [0.2, 0.25) is 5.76 Å². The third-order valence-corrected chi connectivity index (χ3v) is 8.31. The number of sulfone groups is 1. The summed E-state index contributed by atoms with van der Waals surface area (Å²) in [4.78, 5) is 28.6. The second-order valence-corrected chi connectivity index (χ2v) is 11.0. The molecule has 8 heteroatoms. The Kier molecular flexibility index (Phi) is 4.53. The number of nitrogens with zero attached hydrogens (tertiary/aromatic N) is 1. The fraction of sp³-hybridized carbons (Fsp3) is 0.304. The molecule has 0 spiro atoms. The molecule has 0 saturated carbocycles. The first kappa shape index (κ1) is 20.3. The van der Waals surface area contributed by atoms with Crippen LogP contribution in [0.25, 0.3) is 11.0 Å². The molecule has 1 aromatic heterocycles. The van der Waals surface area contributed by atoms with Gasteiger partial charge in [-0.15, -0.1) is 0 Å². The molecule has 0 bridgehead atoms. The Balaban J connectivity index is 1.77. The van der Waals surface area contributed by atoms with Crippen molar-refractivity contribution in [1.29, 1.82) is 0 Å². The first-order valence-electron chi connectivity index (χ1n) is 10.0. The number of rotatable bonds is 2. The molecule has 0 radical (unpaired) electrons. The minimum Gasteiger partial charge on any atom is -0.450 e. The monoisotopic (exact) mass is 457 g/mol. The number of aryl methyl sites for hydroxylation is 2. The number of carbonyl (C=O) groups is 1. The highest BCUT2D eigenvalue weighted by molar-refractivity contribution is 7.91. The number of halogens is 1. The van der Waals surface area contributed by atoms with Crippen LogP contribution in [0.1, 0.15) is 45.3 Å². The van der Waals surface area contributed by atoms with Gasteiger partial charge in [-0.25, -0.2) is 8.42 Å². The van der Waals surface area contributed by atoms with Crippen LogP contribution in [0.5, 0.6) is 0 Å². The Morgan fingerprint density at radius 1 is 1.06 bits per heavy atom. The lowest BCUT2D eigenvalue weighted by atomic mass is 9.97. The first-order chi connectivity index (χ1) is 14.7. The predicted octanol–water partition coefficient (Wildman–Crippen LogP) is 3.80. The van der Waals surface area contributed by atoms with E-state index in [4.69, 9.17) is 16.0 Å². The van der Waals surface area contributed by atoms with Crippen LogP contribution in [0.15, 0.2) is 45.6 Å². The zero-order chi connectivity index (χ0) is 22.1. The summed E-state index contributed by atoms with van der Waals surface area (Å²) in [5.41, 5.74) is 2.94. The fourth-order valence-corrected chi connectivity index (χ4v) is 6.43. The largest absolute Gasteiger partial charge is 0.450 e. The van der Waals surface area contributed by atoms with E-state index in [2.05, 4.69) is 0 Å². The van der Waals surface area contributed by atoms with Gasteiger partial charge < -0.3 is 9.32 Å². The van der Waals surface area contributed by atoms with Crippen molar-refractivity contribution in [1.82, 2.24) is 4.90 Å². The molecule has 5 rings (SSSR count). The van der Waals surface area contributed by atoms with Gasteiger partial charge in [-0.3, -0.25) is 9.59 Å². The van der Waals surface area contributed by atoms with E-state index in [0.717, 1.165) is 11.1 Å². The van der Waals surface area contributed by atoms with Crippen molar-refractivity contribution in [3.05, 3.63) is 79.7 Å². The van der Waals surface area contributed by atoms with Crippen LogP contribution in [0, 0.1) is 13.8 Å². The third-order valence-electron chi connectivity index (χ3n) is 6.31. The normalized spacial score (nSPS) is 22.3. The molecule has 2 atom stereocenters. The smallest absolute Gasteiger partial charge is 0.291 e. The standard InChI is InChI=1S/C23H20ClNO5S/c1-12-9-17-18(10-13(12)2)30-22-19(21(17)26)20(14-3-5-15(24)6-4-14)25(23(22)27)16-7-8-31(28,29)11-16/h3-6,9-10,16,20H,7-8,11H2,1-2H3. The third kappa shape index (κ3) is 3.18. The molecule has 2 aliphatic rings. The van der Waals surface area contributed by atoms with E-state index in [1.807, 2.05) is 13.8 Å². The van der Waals surface area contributed by atoms with Gasteiger partial charge in [-0.1, -0.05) is 23.7 Å². The summed E-state index contributed by atoms with van der Waals surface area (Å²) in [6.45, 7) is 3.83. The Morgan fingerprint density at radius 3 is 2.39 bits per heavy atom. The molecule has 1 fully saturated rings. The second-order valence-electron chi connectivity index (χ2n) is 8.33. The van der Waals surface area contributed by atoms with E-state index in [9.17, 15) is 18.0 Å². The van der Waals surface area contributed by atoms with Gasteiger partial charge in [0, 0.05) is 11.1 Å². The molecule has 3 heterocycles. The average Bonchev–Trinajstić information content (AvgIpc) is 3.21. The summed E-state index contributed by atoms with van der Waals surface area (Å²) in [7, 11) is -3.24. The molecule has 3 aromatic rings. The maximum Gasteiger partial charge on any atom is 0.291 e. The molecule has 0 aliphatic carbocycles. The summed E-state index contributed by atoms with van der Waals surface area (Å²) in [5.74, 6) is -0.561. The first-order valence-corrected chi connectivity index (χ1v) is 12.2. The maximum absolute atomic E-state index is 13.6. The lowest BCUT2D eigenvalue weighted by Gasteiger charge is -2.30. The van der Waals surface area contributed by atoms with Crippen molar-refractivity contribution in [3.63, 3.8) is 0 Å². The van der Waals surface area contributed by atoms with Crippen LogP contribution in [0.2, 0.25) is 5.02 Å². The summed E-state index contributed by atoms with van der Waals surface area (Å²) >= 11 is 6.05. The van der Waals surface area contributed by atoms with Crippen LogP contribution in [-0.4, -0.2) is 36.8 Å². The van der Waals surface area contributed by atoms with Gasteiger partial charge in [-0.2, -0.15) is 0 Å². The quantitative estimate of drug-likeness (QED) is 0.584. The summed E-state index contributed by atoms with van der Waals surface area (Å²) in [6, 6.07) is 9.21. The lowest BCUT2D eigenvalue weighted by molar-refractivity contribution is 0.0662. The van der Waals surface area contributed by atoms with Crippen molar-refractivity contribution in [2.45, 2.75) is 32.4 Å². The van der Waals surface area contributed by atoms with Gasteiger partial charge in [0.1, 0.15) is 5.58 Å². The van der Waals surface area contributed by atoms with Crippen molar-refractivity contribution >= 4 is 38.3 Å². The van der Waals surface area contributed by atoms with Crippen LogP contribution >= 0.6 is 11.6 Å². The Morgan fingerprint density at radius 2 is 1.74 bits per heavy atom. The van der Waals surface area contributed by atoms with Gasteiger partial charge >= 0.3 is 0 Å². The highest BCUT2D eigenvalue weighted by Gasteiger charge is 2.48. The van der Waals surface area contributed by atoms with Crippen LogP contribution in [0.3, 0.4) is 0 Å². The molecule has 1 saturated heterocycles. The second kappa shape index (κ2) is 6.93. The number of fused-ring (bicyclic) bond motifs is 2. The Labute approximate surface area is 184 Å². The van der Waals surface area contributed by atoms with Crippen molar-refractivity contribution in [2.75, 3.05) is 11.5 Å². The summed E-state index contributed by atoms with van der Waals surface area (Å²) in [5, 5.41) is 0.939. The fourth-order valence-electron chi connectivity index (χ4n) is 4.59. The van der Waals surface area contributed by atoms with E-state index < -0.39 is 27.8 Å². The van der Waals surface area contributed by atoms with Crippen molar-refractivity contribution < 1.29 is 17.6 Å². The van der Waals surface area contributed by atoms with Crippen LogP contribution in [-0.2, 0) is 9.84 Å². The molecule has 2 aliphatic heterocycles. The SMILES string of the molecule is Cc1cc2oc3c(c(=O)c2cc1C)C(c1ccc(Cl)cc1)N(C1CCS(=O)(=O)C1)C3=O. The van der Waals surface area contributed by atoms with Gasteiger partial charge in [0.05, 0.1) is 28.5 Å². The van der Waals surface area contributed by atoms with E-state index in [1.165, 1.54) is 4.90 Å². The van der Waals surface area contributed by atoms with E-state index in [-0.39, 0.29) is 28.3 Å². The molecule has 31 heavy (non-hydrogen) atoms. The molecule has 6 nitrogen and oxygen atoms in total. The molecule has 2 unspecified atom stereocenters. The number of amides is 1. The highest BCUT2D eigenvalue weighted by Crippen LogP contribution is 2.41. The number of benzene rings is 2. The van der Waals surface area contributed by atoms with Gasteiger partial charge in [0.25, 0.3) is 5.91 Å². The summed E-state index contributed by atoms with van der Waals surface area (Å²) < 4.78 is 30.3. The van der Waals surface area contributed by atoms with E-state index in [0.29, 0.717) is 28.0 Å². The average molecular weight is 458 g/mol. The van der Waals surface area contributed by atoms with E-state index >= 15 is 0 Å². The van der Waals surface area contributed by atoms with Gasteiger partial charge in [-0.05, 0) is 61.2 Å². The Bertz CT molecular complexity index is 1410. The van der Waals surface area contributed by atoms with Crippen molar-refractivity contribution in [2.24, 2.45) is 0 Å². The Hall–Kier alpha value is -2.64. The molecule has 160 valence electrons. The molecule has 2 aromatic carbocycles. The number of carbonyl (C=O) groups excluding carboxylic acids is 1. The summed E-state index contributed by atoms with van der Waals surface area (Å²) in [6.07, 6.45) is 0.331. The zero-order valence-electron chi connectivity index (χ0n) is 17.0. The topological polar surface area (TPSA) is 84.7 Å². The number of hydrogen-bond acceptors (Lipinski definition) is 5. The zero-order valence-corrected chi connectivity index (χ0v) is 18.6.